The summed E-state index contributed by atoms with van der Waals surface area (Å²) in [5, 5.41) is 1.07. The minimum Gasteiger partial charge on any atom is -0.445 e. The molecule has 1 amide bonds. The summed E-state index contributed by atoms with van der Waals surface area (Å²) in [5.74, 6) is 1.67. The number of fused-ring (bicyclic) bond motifs is 2. The fourth-order valence-electron chi connectivity index (χ4n) is 3.23. The van der Waals surface area contributed by atoms with E-state index < -0.39 is 0 Å². The van der Waals surface area contributed by atoms with Crippen LogP contribution in [0.3, 0.4) is 0 Å². The van der Waals surface area contributed by atoms with Crippen molar-refractivity contribution in [3.05, 3.63) is 52.9 Å². The lowest BCUT2D eigenvalue weighted by atomic mass is 9.97. The molecule has 0 saturated carbocycles. The van der Waals surface area contributed by atoms with Crippen LogP contribution in [-0.2, 0) is 18.4 Å². The van der Waals surface area contributed by atoms with E-state index >= 15 is 0 Å². The van der Waals surface area contributed by atoms with Gasteiger partial charge in [0.15, 0.2) is 5.89 Å². The van der Waals surface area contributed by atoms with Gasteiger partial charge in [0.25, 0.3) is 5.91 Å². The molecule has 3 heterocycles. The van der Waals surface area contributed by atoms with Gasteiger partial charge in [-0.05, 0) is 25.1 Å². The summed E-state index contributed by atoms with van der Waals surface area (Å²) in [7, 11) is 0. The molecule has 0 radical (unpaired) electrons. The number of carbonyl (C=O) groups is 1. The SMILES string of the molecule is Cc1ccc2[nH]c(C(=O)N3CCc4oc(C(C)(C)C)nc4C3)cc2c1. The van der Waals surface area contributed by atoms with Gasteiger partial charge >= 0.3 is 0 Å². The van der Waals surface area contributed by atoms with Gasteiger partial charge in [0.05, 0.1) is 6.54 Å². The van der Waals surface area contributed by atoms with Crippen molar-refractivity contribution in [3.63, 3.8) is 0 Å². The van der Waals surface area contributed by atoms with E-state index in [9.17, 15) is 4.79 Å². The number of hydrogen-bond donors (Lipinski definition) is 1. The molecule has 0 bridgehead atoms. The number of H-pyrrole nitrogens is 1. The summed E-state index contributed by atoms with van der Waals surface area (Å²) >= 11 is 0. The first-order valence-corrected chi connectivity index (χ1v) is 8.69. The molecule has 0 atom stereocenters. The fourth-order valence-corrected chi connectivity index (χ4v) is 3.23. The molecule has 2 aromatic heterocycles. The van der Waals surface area contributed by atoms with Crippen molar-refractivity contribution < 1.29 is 9.21 Å². The van der Waals surface area contributed by atoms with Crippen LogP contribution in [0.25, 0.3) is 10.9 Å². The molecule has 130 valence electrons. The van der Waals surface area contributed by atoms with Crippen molar-refractivity contribution >= 4 is 16.8 Å². The number of nitrogens with zero attached hydrogens (tertiary/aromatic N) is 2. The first kappa shape index (κ1) is 15.9. The average Bonchev–Trinajstić information content (AvgIpc) is 3.16. The maximum absolute atomic E-state index is 12.9. The van der Waals surface area contributed by atoms with Gasteiger partial charge in [-0.2, -0.15) is 0 Å². The third kappa shape index (κ3) is 2.84. The van der Waals surface area contributed by atoms with E-state index in [0.717, 1.165) is 28.2 Å². The van der Waals surface area contributed by atoms with Gasteiger partial charge in [0.2, 0.25) is 0 Å². The minimum atomic E-state index is -0.124. The number of benzene rings is 1. The summed E-state index contributed by atoms with van der Waals surface area (Å²) in [4.78, 5) is 22.6. The molecular formula is C20H23N3O2. The van der Waals surface area contributed by atoms with Gasteiger partial charge in [0.1, 0.15) is 17.1 Å². The van der Waals surface area contributed by atoms with Gasteiger partial charge < -0.3 is 14.3 Å². The maximum atomic E-state index is 12.9. The smallest absolute Gasteiger partial charge is 0.270 e. The molecule has 0 saturated heterocycles. The molecule has 1 N–H and O–H groups in total. The molecule has 0 spiro atoms. The molecule has 1 aliphatic rings. The predicted octanol–water partition coefficient (Wildman–Crippen LogP) is 3.96. The van der Waals surface area contributed by atoms with Crippen LogP contribution in [0.1, 0.15) is 54.2 Å². The highest BCUT2D eigenvalue weighted by Crippen LogP contribution is 2.28. The van der Waals surface area contributed by atoms with Crippen molar-refractivity contribution in [2.45, 2.75) is 46.1 Å². The van der Waals surface area contributed by atoms with E-state index in [1.165, 1.54) is 5.56 Å². The Morgan fingerprint density at radius 1 is 1.28 bits per heavy atom. The van der Waals surface area contributed by atoms with Crippen molar-refractivity contribution in [3.8, 4) is 0 Å². The van der Waals surface area contributed by atoms with Gasteiger partial charge in [-0.1, -0.05) is 32.4 Å². The lowest BCUT2D eigenvalue weighted by molar-refractivity contribution is 0.0722. The molecule has 0 fully saturated rings. The van der Waals surface area contributed by atoms with Crippen molar-refractivity contribution in [1.29, 1.82) is 0 Å². The molecular weight excluding hydrogens is 314 g/mol. The van der Waals surface area contributed by atoms with Crippen LogP contribution in [0.2, 0.25) is 0 Å². The Hall–Kier alpha value is -2.56. The normalized spacial score (nSPS) is 14.8. The molecule has 1 aromatic carbocycles. The largest absolute Gasteiger partial charge is 0.445 e. The second kappa shape index (κ2) is 5.48. The first-order chi connectivity index (χ1) is 11.8. The number of aromatic nitrogens is 2. The fraction of sp³-hybridized carbons (Fsp3) is 0.400. The van der Waals surface area contributed by atoms with E-state index in [2.05, 4.69) is 43.7 Å². The van der Waals surface area contributed by atoms with E-state index in [1.807, 2.05) is 23.1 Å². The molecule has 1 aliphatic heterocycles. The molecule has 3 aromatic rings. The number of amides is 1. The average molecular weight is 337 g/mol. The molecule has 25 heavy (non-hydrogen) atoms. The van der Waals surface area contributed by atoms with Crippen LogP contribution in [0, 0.1) is 6.92 Å². The van der Waals surface area contributed by atoms with E-state index in [4.69, 9.17) is 4.42 Å². The van der Waals surface area contributed by atoms with E-state index in [-0.39, 0.29) is 11.3 Å². The Kier molecular flexibility index (Phi) is 3.49. The third-order valence-corrected chi connectivity index (χ3v) is 4.66. The zero-order valence-corrected chi connectivity index (χ0v) is 15.1. The Morgan fingerprint density at radius 3 is 2.84 bits per heavy atom. The second-order valence-electron chi connectivity index (χ2n) is 7.89. The predicted molar refractivity (Wildman–Crippen MR) is 96.7 cm³/mol. The van der Waals surface area contributed by atoms with E-state index in [0.29, 0.717) is 25.2 Å². The van der Waals surface area contributed by atoms with Crippen LogP contribution in [-0.4, -0.2) is 27.3 Å². The Bertz CT molecular complexity index is 959. The van der Waals surface area contributed by atoms with Crippen molar-refractivity contribution in [2.24, 2.45) is 0 Å². The van der Waals surface area contributed by atoms with Gasteiger partial charge in [-0.3, -0.25) is 4.79 Å². The van der Waals surface area contributed by atoms with Crippen LogP contribution in [0.4, 0.5) is 0 Å². The molecule has 0 unspecified atom stereocenters. The number of rotatable bonds is 1. The second-order valence-corrected chi connectivity index (χ2v) is 7.89. The number of hydrogen-bond acceptors (Lipinski definition) is 3. The quantitative estimate of drug-likeness (QED) is 0.731. The summed E-state index contributed by atoms with van der Waals surface area (Å²) in [5.41, 5.74) is 3.56. The van der Waals surface area contributed by atoms with Gasteiger partial charge in [-0.25, -0.2) is 4.98 Å². The lowest BCUT2D eigenvalue weighted by Gasteiger charge is -2.24. The molecule has 5 nitrogen and oxygen atoms in total. The molecule has 4 rings (SSSR count). The summed E-state index contributed by atoms with van der Waals surface area (Å²) in [6, 6.07) is 8.08. The van der Waals surface area contributed by atoms with Crippen molar-refractivity contribution in [2.75, 3.05) is 6.54 Å². The lowest BCUT2D eigenvalue weighted by Crippen LogP contribution is -2.36. The number of nitrogens with one attached hydrogen (secondary N) is 1. The monoisotopic (exact) mass is 337 g/mol. The van der Waals surface area contributed by atoms with Crippen LogP contribution in [0.5, 0.6) is 0 Å². The minimum absolute atomic E-state index is 0.0137. The zero-order valence-electron chi connectivity index (χ0n) is 15.1. The highest BCUT2D eigenvalue weighted by atomic mass is 16.4. The topological polar surface area (TPSA) is 62.1 Å². The number of aryl methyl sites for hydroxylation is 1. The van der Waals surface area contributed by atoms with Gasteiger partial charge in [-0.15, -0.1) is 0 Å². The van der Waals surface area contributed by atoms with Crippen LogP contribution >= 0.6 is 0 Å². The highest BCUT2D eigenvalue weighted by Gasteiger charge is 2.29. The summed E-state index contributed by atoms with van der Waals surface area (Å²) in [6.45, 7) is 9.46. The van der Waals surface area contributed by atoms with Crippen LogP contribution < -0.4 is 0 Å². The number of carbonyl (C=O) groups excluding carboxylic acids is 1. The van der Waals surface area contributed by atoms with Crippen LogP contribution in [0.15, 0.2) is 28.7 Å². The standard InChI is InChI=1S/C20H23N3O2/c1-12-5-6-14-13(9-12)10-15(21-14)18(24)23-8-7-17-16(11-23)22-19(25-17)20(2,3)4/h5-6,9-10,21H,7-8,11H2,1-4H3. The summed E-state index contributed by atoms with van der Waals surface area (Å²) < 4.78 is 5.91. The number of oxazole rings is 1. The first-order valence-electron chi connectivity index (χ1n) is 8.69. The highest BCUT2D eigenvalue weighted by molar-refractivity contribution is 5.98. The Morgan fingerprint density at radius 2 is 2.08 bits per heavy atom. The molecule has 5 heteroatoms. The van der Waals surface area contributed by atoms with Gasteiger partial charge in [0, 0.05) is 29.3 Å². The molecule has 0 aliphatic carbocycles. The summed E-state index contributed by atoms with van der Waals surface area (Å²) in [6.07, 6.45) is 0.712. The number of aromatic amines is 1. The van der Waals surface area contributed by atoms with Crippen molar-refractivity contribution in [1.82, 2.24) is 14.9 Å². The maximum Gasteiger partial charge on any atom is 0.270 e. The third-order valence-electron chi connectivity index (χ3n) is 4.66. The van der Waals surface area contributed by atoms with E-state index in [1.54, 1.807) is 0 Å². The Balaban J connectivity index is 1.59. The Labute approximate surface area is 147 Å². The zero-order chi connectivity index (χ0) is 17.8.